The van der Waals surface area contributed by atoms with Crippen LogP contribution < -0.4 is 11.1 Å². The Morgan fingerprint density at radius 1 is 1.07 bits per heavy atom. The number of para-hydroxylation sites is 2. The Kier molecular flexibility index (Phi) is 5.67. The van der Waals surface area contributed by atoms with Gasteiger partial charge in [-0.05, 0) is 82.2 Å². The first-order valence-electron chi connectivity index (χ1n) is 10.5. The van der Waals surface area contributed by atoms with Gasteiger partial charge in [-0.1, -0.05) is 35.9 Å². The van der Waals surface area contributed by atoms with Gasteiger partial charge in [0.15, 0.2) is 5.58 Å². The third-order valence-corrected chi connectivity index (χ3v) is 6.13. The van der Waals surface area contributed by atoms with Crippen molar-refractivity contribution in [2.24, 2.45) is 0 Å². The standard InChI is InChI=1S/C24H30N2O2/c1-17-9-10-19(18(2)16-17)6-5-15-25-20-11-13-21(14-12-20)26-22-7-3-4-8-23(22)28-24(26)27/h3-4,7-10,16,20-21,25H,5-6,11-15H2,1-2H3. The van der Waals surface area contributed by atoms with E-state index < -0.39 is 0 Å². The molecular formula is C24H30N2O2. The van der Waals surface area contributed by atoms with Gasteiger partial charge in [0.1, 0.15) is 0 Å². The maximum atomic E-state index is 12.3. The zero-order valence-electron chi connectivity index (χ0n) is 16.9. The molecule has 1 heterocycles. The lowest BCUT2D eigenvalue weighted by Gasteiger charge is -2.29. The van der Waals surface area contributed by atoms with Gasteiger partial charge in [-0.15, -0.1) is 0 Å². The van der Waals surface area contributed by atoms with E-state index in [1.165, 1.54) is 16.7 Å². The van der Waals surface area contributed by atoms with Crippen LogP contribution in [0, 0.1) is 13.8 Å². The van der Waals surface area contributed by atoms with E-state index >= 15 is 0 Å². The molecule has 0 atom stereocenters. The zero-order chi connectivity index (χ0) is 19.5. The zero-order valence-corrected chi connectivity index (χ0v) is 16.9. The molecule has 0 saturated heterocycles. The average Bonchev–Trinajstić information content (AvgIpc) is 3.03. The molecule has 0 bridgehead atoms. The molecule has 148 valence electrons. The fourth-order valence-corrected chi connectivity index (χ4v) is 4.58. The Balaban J connectivity index is 1.26. The van der Waals surface area contributed by atoms with Crippen molar-refractivity contribution < 1.29 is 4.42 Å². The van der Waals surface area contributed by atoms with Crippen LogP contribution in [-0.4, -0.2) is 17.2 Å². The van der Waals surface area contributed by atoms with Gasteiger partial charge in [-0.2, -0.15) is 0 Å². The first-order valence-corrected chi connectivity index (χ1v) is 10.5. The van der Waals surface area contributed by atoms with Gasteiger partial charge in [-0.25, -0.2) is 4.79 Å². The monoisotopic (exact) mass is 378 g/mol. The second kappa shape index (κ2) is 8.36. The molecule has 1 saturated carbocycles. The highest BCUT2D eigenvalue weighted by molar-refractivity contribution is 5.72. The minimum Gasteiger partial charge on any atom is -0.408 e. The van der Waals surface area contributed by atoms with Crippen LogP contribution in [0.4, 0.5) is 0 Å². The predicted molar refractivity (Wildman–Crippen MR) is 114 cm³/mol. The van der Waals surface area contributed by atoms with Gasteiger partial charge in [0.25, 0.3) is 0 Å². The molecule has 4 nitrogen and oxygen atoms in total. The minimum absolute atomic E-state index is 0.217. The molecule has 1 aromatic heterocycles. The fraction of sp³-hybridized carbons (Fsp3) is 0.458. The van der Waals surface area contributed by atoms with Crippen molar-refractivity contribution >= 4 is 11.1 Å². The molecular weight excluding hydrogens is 348 g/mol. The van der Waals surface area contributed by atoms with E-state index in [0.717, 1.165) is 50.6 Å². The Hall–Kier alpha value is -2.33. The number of aryl methyl sites for hydroxylation is 3. The van der Waals surface area contributed by atoms with Gasteiger partial charge in [-0.3, -0.25) is 4.57 Å². The molecule has 1 aliphatic rings. The molecule has 0 unspecified atom stereocenters. The lowest BCUT2D eigenvalue weighted by Crippen LogP contribution is -2.35. The summed E-state index contributed by atoms with van der Waals surface area (Å²) in [6.45, 7) is 5.41. The molecule has 0 radical (unpaired) electrons. The number of benzene rings is 2. The SMILES string of the molecule is Cc1ccc(CCCNC2CCC(n3c(=O)oc4ccccc43)CC2)c(C)c1. The van der Waals surface area contributed by atoms with E-state index in [1.54, 1.807) is 0 Å². The van der Waals surface area contributed by atoms with E-state index in [4.69, 9.17) is 4.42 Å². The largest absolute Gasteiger partial charge is 0.420 e. The van der Waals surface area contributed by atoms with E-state index in [1.807, 2.05) is 28.8 Å². The second-order valence-electron chi connectivity index (χ2n) is 8.20. The van der Waals surface area contributed by atoms with Crippen molar-refractivity contribution in [1.82, 2.24) is 9.88 Å². The summed E-state index contributed by atoms with van der Waals surface area (Å²) in [5, 5.41) is 3.73. The topological polar surface area (TPSA) is 47.2 Å². The molecule has 0 aliphatic heterocycles. The molecule has 4 heteroatoms. The molecule has 3 aromatic rings. The number of hydrogen-bond acceptors (Lipinski definition) is 3. The van der Waals surface area contributed by atoms with Crippen LogP contribution in [0.5, 0.6) is 0 Å². The van der Waals surface area contributed by atoms with E-state index in [9.17, 15) is 4.79 Å². The average molecular weight is 379 g/mol. The van der Waals surface area contributed by atoms with Gasteiger partial charge >= 0.3 is 5.76 Å². The molecule has 1 aliphatic carbocycles. The van der Waals surface area contributed by atoms with Crippen molar-refractivity contribution in [3.8, 4) is 0 Å². The summed E-state index contributed by atoms with van der Waals surface area (Å²) in [5.74, 6) is -0.217. The van der Waals surface area contributed by atoms with Crippen molar-refractivity contribution in [3.63, 3.8) is 0 Å². The maximum Gasteiger partial charge on any atom is 0.420 e. The van der Waals surface area contributed by atoms with Crippen LogP contribution in [0.1, 0.15) is 54.8 Å². The molecule has 1 fully saturated rings. The normalized spacial score (nSPS) is 19.9. The molecule has 28 heavy (non-hydrogen) atoms. The van der Waals surface area contributed by atoms with Crippen molar-refractivity contribution in [3.05, 3.63) is 69.7 Å². The summed E-state index contributed by atoms with van der Waals surface area (Å²) >= 11 is 0. The van der Waals surface area contributed by atoms with Crippen molar-refractivity contribution in [1.29, 1.82) is 0 Å². The number of fused-ring (bicyclic) bond motifs is 1. The Labute approximate surface area is 166 Å². The first-order chi connectivity index (χ1) is 13.6. The van der Waals surface area contributed by atoms with E-state index in [0.29, 0.717) is 11.6 Å². The van der Waals surface area contributed by atoms with Gasteiger partial charge in [0.05, 0.1) is 5.52 Å². The Morgan fingerprint density at radius 3 is 2.64 bits per heavy atom. The van der Waals surface area contributed by atoms with Crippen molar-refractivity contribution in [2.45, 2.75) is 64.5 Å². The lowest BCUT2D eigenvalue weighted by molar-refractivity contribution is 0.283. The van der Waals surface area contributed by atoms with Crippen LogP contribution in [0.2, 0.25) is 0 Å². The fourth-order valence-electron chi connectivity index (χ4n) is 4.58. The number of nitrogens with zero attached hydrogens (tertiary/aromatic N) is 1. The molecule has 4 rings (SSSR count). The van der Waals surface area contributed by atoms with Crippen LogP contribution in [-0.2, 0) is 6.42 Å². The number of oxazole rings is 1. The number of aromatic nitrogens is 1. The van der Waals surface area contributed by atoms with Crippen molar-refractivity contribution in [2.75, 3.05) is 6.54 Å². The summed E-state index contributed by atoms with van der Waals surface area (Å²) in [5.41, 5.74) is 5.82. The highest BCUT2D eigenvalue weighted by Gasteiger charge is 2.25. The van der Waals surface area contributed by atoms with Crippen LogP contribution in [0.25, 0.3) is 11.1 Å². The smallest absolute Gasteiger partial charge is 0.408 e. The van der Waals surface area contributed by atoms with E-state index in [2.05, 4.69) is 37.4 Å². The lowest BCUT2D eigenvalue weighted by atomic mass is 9.90. The molecule has 2 aromatic carbocycles. The first kappa shape index (κ1) is 19.0. The summed E-state index contributed by atoms with van der Waals surface area (Å²) in [6, 6.07) is 15.3. The minimum atomic E-state index is -0.217. The summed E-state index contributed by atoms with van der Waals surface area (Å²) in [7, 11) is 0. The van der Waals surface area contributed by atoms with E-state index in [-0.39, 0.29) is 11.8 Å². The highest BCUT2D eigenvalue weighted by Crippen LogP contribution is 2.30. The Bertz CT molecular complexity index is 993. The predicted octanol–water partition coefficient (Wildman–Crippen LogP) is 4.92. The number of rotatable bonds is 6. The summed E-state index contributed by atoms with van der Waals surface area (Å²) < 4.78 is 7.28. The second-order valence-corrected chi connectivity index (χ2v) is 8.20. The third kappa shape index (κ3) is 4.07. The van der Waals surface area contributed by atoms with Crippen LogP contribution in [0.15, 0.2) is 51.7 Å². The van der Waals surface area contributed by atoms with Crippen LogP contribution >= 0.6 is 0 Å². The highest BCUT2D eigenvalue weighted by atomic mass is 16.4. The third-order valence-electron chi connectivity index (χ3n) is 6.13. The molecule has 0 amide bonds. The molecule has 1 N–H and O–H groups in total. The summed E-state index contributed by atoms with van der Waals surface area (Å²) in [4.78, 5) is 12.3. The maximum absolute atomic E-state index is 12.3. The van der Waals surface area contributed by atoms with Crippen LogP contribution in [0.3, 0.4) is 0 Å². The summed E-state index contributed by atoms with van der Waals surface area (Å²) in [6.07, 6.45) is 6.57. The van der Waals surface area contributed by atoms with Gasteiger partial charge in [0.2, 0.25) is 0 Å². The quantitative estimate of drug-likeness (QED) is 0.620. The number of hydrogen-bond donors (Lipinski definition) is 1. The molecule has 0 spiro atoms. The number of nitrogens with one attached hydrogen (secondary N) is 1. The van der Waals surface area contributed by atoms with Gasteiger partial charge < -0.3 is 9.73 Å². The van der Waals surface area contributed by atoms with Gasteiger partial charge in [0, 0.05) is 12.1 Å². The Morgan fingerprint density at radius 2 is 1.86 bits per heavy atom.